The minimum atomic E-state index is 0.395. The summed E-state index contributed by atoms with van der Waals surface area (Å²) in [4.78, 5) is 0. The molecule has 0 bridgehead atoms. The lowest BCUT2D eigenvalue weighted by atomic mass is 9.77. The number of benzene rings is 1. The third kappa shape index (κ3) is 2.20. The van der Waals surface area contributed by atoms with E-state index in [1.54, 1.807) is 0 Å². The Labute approximate surface area is 119 Å². The van der Waals surface area contributed by atoms with Crippen molar-refractivity contribution >= 4 is 10.9 Å². The van der Waals surface area contributed by atoms with Crippen LogP contribution in [0, 0.1) is 5.92 Å². The van der Waals surface area contributed by atoms with Crippen molar-refractivity contribution in [2.24, 2.45) is 5.92 Å². The van der Waals surface area contributed by atoms with Crippen molar-refractivity contribution in [3.8, 4) is 0 Å². The summed E-state index contributed by atoms with van der Waals surface area (Å²) in [6.45, 7) is 0. The second-order valence-corrected chi connectivity index (χ2v) is 6.28. The molecule has 3 unspecified atom stereocenters. The van der Waals surface area contributed by atoms with Gasteiger partial charge in [0.15, 0.2) is 0 Å². The van der Waals surface area contributed by atoms with Gasteiger partial charge in [-0.2, -0.15) is 10.2 Å². The van der Waals surface area contributed by atoms with Gasteiger partial charge >= 0.3 is 0 Å². The summed E-state index contributed by atoms with van der Waals surface area (Å²) in [7, 11) is 0. The third-order valence-electron chi connectivity index (χ3n) is 5.02. The maximum atomic E-state index is 4.46. The zero-order chi connectivity index (χ0) is 13.4. The number of aromatic nitrogens is 2. The second kappa shape index (κ2) is 5.13. The quantitative estimate of drug-likeness (QED) is 0.857. The lowest BCUT2D eigenvalue weighted by Crippen LogP contribution is -2.45. The van der Waals surface area contributed by atoms with Crippen LogP contribution in [0.4, 0.5) is 0 Å². The summed E-state index contributed by atoms with van der Waals surface area (Å²) >= 11 is 0. The van der Waals surface area contributed by atoms with Crippen molar-refractivity contribution in [1.29, 1.82) is 0 Å². The van der Waals surface area contributed by atoms with Crippen LogP contribution in [0.15, 0.2) is 30.3 Å². The van der Waals surface area contributed by atoms with E-state index >= 15 is 0 Å². The molecule has 2 fully saturated rings. The Balaban J connectivity index is 1.59. The standard InChI is InChI=1S/C17H21N3/c1-3-7-14-12(5-1)9-10-16(18-14)17-11-13-6-2-4-8-15(13)19-20-17/h2,4,6,8,11-12,14,16,18H,1,3,5,7,9-10H2. The Morgan fingerprint density at radius 3 is 2.85 bits per heavy atom. The number of hydrogen-bond donors (Lipinski definition) is 1. The van der Waals surface area contributed by atoms with Crippen LogP contribution >= 0.6 is 0 Å². The SMILES string of the molecule is c1ccc2nnc(C3CCC4CCCCC4N3)cc2c1. The van der Waals surface area contributed by atoms with E-state index in [1.807, 2.05) is 12.1 Å². The second-order valence-electron chi connectivity index (χ2n) is 6.28. The summed E-state index contributed by atoms with van der Waals surface area (Å²) < 4.78 is 0. The predicted octanol–water partition coefficient (Wildman–Crippen LogP) is 3.61. The molecule has 4 rings (SSSR count). The zero-order valence-corrected chi connectivity index (χ0v) is 11.8. The highest BCUT2D eigenvalue weighted by atomic mass is 15.1. The molecular formula is C17H21N3. The highest BCUT2D eigenvalue weighted by Crippen LogP contribution is 2.36. The van der Waals surface area contributed by atoms with Gasteiger partial charge in [0, 0.05) is 11.4 Å². The number of nitrogens with one attached hydrogen (secondary N) is 1. The largest absolute Gasteiger partial charge is 0.305 e. The fraction of sp³-hybridized carbons (Fsp3) is 0.529. The summed E-state index contributed by atoms with van der Waals surface area (Å²) in [5.74, 6) is 0.897. The fourth-order valence-electron chi connectivity index (χ4n) is 3.90. The van der Waals surface area contributed by atoms with Crippen molar-refractivity contribution in [2.45, 2.75) is 50.6 Å². The Hall–Kier alpha value is -1.48. The van der Waals surface area contributed by atoms with E-state index in [9.17, 15) is 0 Å². The number of rotatable bonds is 1. The van der Waals surface area contributed by atoms with E-state index in [1.165, 1.54) is 43.9 Å². The molecule has 0 radical (unpaired) electrons. The van der Waals surface area contributed by atoms with Gasteiger partial charge in [-0.05, 0) is 43.7 Å². The van der Waals surface area contributed by atoms with Crippen LogP contribution in [0.2, 0.25) is 0 Å². The van der Waals surface area contributed by atoms with Gasteiger partial charge in [-0.3, -0.25) is 0 Å². The molecule has 2 aromatic rings. The maximum absolute atomic E-state index is 4.46. The first kappa shape index (κ1) is 12.3. The molecule has 1 saturated carbocycles. The Kier molecular flexibility index (Phi) is 3.15. The third-order valence-corrected chi connectivity index (χ3v) is 5.02. The molecule has 1 aromatic heterocycles. The first-order valence-corrected chi connectivity index (χ1v) is 7.88. The van der Waals surface area contributed by atoms with Crippen LogP contribution in [0.3, 0.4) is 0 Å². The molecule has 1 aliphatic heterocycles. The van der Waals surface area contributed by atoms with Gasteiger partial charge in [0.1, 0.15) is 0 Å². The van der Waals surface area contributed by atoms with E-state index < -0.39 is 0 Å². The first-order valence-electron chi connectivity index (χ1n) is 7.88. The maximum Gasteiger partial charge on any atom is 0.0929 e. The number of piperidine rings is 1. The van der Waals surface area contributed by atoms with Crippen LogP contribution in [-0.4, -0.2) is 16.2 Å². The van der Waals surface area contributed by atoms with Crippen LogP contribution in [-0.2, 0) is 0 Å². The smallest absolute Gasteiger partial charge is 0.0929 e. The topological polar surface area (TPSA) is 37.8 Å². The normalized spacial score (nSPS) is 30.1. The molecule has 1 saturated heterocycles. The molecule has 0 spiro atoms. The predicted molar refractivity (Wildman–Crippen MR) is 80.4 cm³/mol. The van der Waals surface area contributed by atoms with Crippen molar-refractivity contribution in [3.63, 3.8) is 0 Å². The van der Waals surface area contributed by atoms with Crippen LogP contribution < -0.4 is 5.32 Å². The van der Waals surface area contributed by atoms with Crippen molar-refractivity contribution < 1.29 is 0 Å². The van der Waals surface area contributed by atoms with Gasteiger partial charge in [0.25, 0.3) is 0 Å². The van der Waals surface area contributed by atoms with Gasteiger partial charge in [-0.25, -0.2) is 0 Å². The van der Waals surface area contributed by atoms with Crippen LogP contribution in [0.5, 0.6) is 0 Å². The van der Waals surface area contributed by atoms with Crippen molar-refractivity contribution in [1.82, 2.24) is 15.5 Å². The van der Waals surface area contributed by atoms with Crippen molar-refractivity contribution in [3.05, 3.63) is 36.0 Å². The summed E-state index contributed by atoms with van der Waals surface area (Å²) in [5.41, 5.74) is 2.11. The van der Waals surface area contributed by atoms with Crippen LogP contribution in [0.1, 0.15) is 50.3 Å². The molecule has 3 heteroatoms. The Morgan fingerprint density at radius 1 is 0.950 bits per heavy atom. The molecule has 3 atom stereocenters. The highest BCUT2D eigenvalue weighted by Gasteiger charge is 2.32. The van der Waals surface area contributed by atoms with Gasteiger partial charge in [-0.1, -0.05) is 31.0 Å². The van der Waals surface area contributed by atoms with Gasteiger partial charge in [0.2, 0.25) is 0 Å². The molecule has 1 N–H and O–H groups in total. The number of hydrogen-bond acceptors (Lipinski definition) is 3. The molecule has 104 valence electrons. The fourth-order valence-corrected chi connectivity index (χ4v) is 3.90. The van der Waals surface area contributed by atoms with Gasteiger partial charge < -0.3 is 5.32 Å². The minimum Gasteiger partial charge on any atom is -0.305 e. The van der Waals surface area contributed by atoms with Gasteiger partial charge in [0.05, 0.1) is 17.3 Å². The molecular weight excluding hydrogens is 246 g/mol. The summed E-state index contributed by atoms with van der Waals surface area (Å²) in [5, 5.41) is 13.9. The molecule has 0 amide bonds. The Morgan fingerprint density at radius 2 is 1.85 bits per heavy atom. The molecule has 2 aliphatic rings. The first-order chi connectivity index (χ1) is 9.90. The summed E-state index contributed by atoms with van der Waals surface area (Å²) in [6, 6.07) is 11.5. The molecule has 1 aliphatic carbocycles. The molecule has 1 aromatic carbocycles. The molecule has 20 heavy (non-hydrogen) atoms. The van der Waals surface area contributed by atoms with E-state index in [2.05, 4.69) is 33.7 Å². The number of nitrogens with zero attached hydrogens (tertiary/aromatic N) is 2. The number of fused-ring (bicyclic) bond motifs is 2. The van der Waals surface area contributed by atoms with Crippen LogP contribution in [0.25, 0.3) is 10.9 Å². The minimum absolute atomic E-state index is 0.395. The van der Waals surface area contributed by atoms with Gasteiger partial charge in [-0.15, -0.1) is 0 Å². The average Bonchev–Trinajstić information content (AvgIpc) is 2.54. The van der Waals surface area contributed by atoms with Crippen molar-refractivity contribution in [2.75, 3.05) is 0 Å². The lowest BCUT2D eigenvalue weighted by molar-refractivity contribution is 0.175. The summed E-state index contributed by atoms with van der Waals surface area (Å²) in [6.07, 6.45) is 8.09. The van der Waals surface area contributed by atoms with E-state index in [-0.39, 0.29) is 0 Å². The molecule has 3 nitrogen and oxygen atoms in total. The highest BCUT2D eigenvalue weighted by molar-refractivity contribution is 5.77. The Bertz CT molecular complexity index is 610. The van der Waals surface area contributed by atoms with E-state index in [0.717, 1.165) is 17.1 Å². The molecule has 2 heterocycles. The average molecular weight is 267 g/mol. The van der Waals surface area contributed by atoms with E-state index in [4.69, 9.17) is 0 Å². The zero-order valence-electron chi connectivity index (χ0n) is 11.8. The monoisotopic (exact) mass is 267 g/mol. The van der Waals surface area contributed by atoms with E-state index in [0.29, 0.717) is 12.1 Å². The lowest BCUT2D eigenvalue weighted by Gasteiger charge is -2.40.